The topological polar surface area (TPSA) is 57.2 Å². The molecule has 0 amide bonds. The average Bonchev–Trinajstić information content (AvgIpc) is 3.18. The Morgan fingerprint density at radius 1 is 0.895 bits per heavy atom. The standard InChI is InChI=1S/C27H29ClF4N6/c28-21-16-18(9-10-22(21)29)23-17-24(36-26(35-23)34-19-6-3-1-2-4-7-19)37-12-14-38(15-13-37)25-20(27(30,31)32)8-5-11-33-25/h5,8-11,16-17,19H,1-4,6-7,12-15H2,(H,34,35,36). The van der Waals surface area contributed by atoms with Crippen molar-refractivity contribution in [2.24, 2.45) is 0 Å². The number of hydrogen-bond acceptors (Lipinski definition) is 6. The van der Waals surface area contributed by atoms with Gasteiger partial charge in [-0.15, -0.1) is 0 Å². The minimum Gasteiger partial charge on any atom is -0.353 e. The predicted octanol–water partition coefficient (Wildman–Crippen LogP) is 6.81. The van der Waals surface area contributed by atoms with E-state index in [1.807, 2.05) is 11.0 Å². The number of benzene rings is 1. The van der Waals surface area contributed by atoms with Gasteiger partial charge in [-0.2, -0.15) is 18.2 Å². The van der Waals surface area contributed by atoms with Crippen LogP contribution in [0.3, 0.4) is 0 Å². The van der Waals surface area contributed by atoms with Crippen LogP contribution in [0.15, 0.2) is 42.6 Å². The molecule has 3 aromatic rings. The molecule has 1 saturated heterocycles. The van der Waals surface area contributed by atoms with Gasteiger partial charge in [0.25, 0.3) is 0 Å². The maximum atomic E-state index is 13.8. The first-order valence-corrected chi connectivity index (χ1v) is 13.3. The Morgan fingerprint density at radius 2 is 1.61 bits per heavy atom. The smallest absolute Gasteiger partial charge is 0.353 e. The Balaban J connectivity index is 1.40. The molecule has 0 spiro atoms. The van der Waals surface area contributed by atoms with Crippen LogP contribution in [-0.4, -0.2) is 47.2 Å². The first-order valence-electron chi connectivity index (χ1n) is 12.9. The lowest BCUT2D eigenvalue weighted by Crippen LogP contribution is -2.47. The fraction of sp³-hybridized carbons (Fsp3) is 0.444. The summed E-state index contributed by atoms with van der Waals surface area (Å²) in [5, 5.41) is 3.50. The van der Waals surface area contributed by atoms with Crippen LogP contribution in [-0.2, 0) is 6.18 Å². The number of aromatic nitrogens is 3. The van der Waals surface area contributed by atoms with E-state index in [1.54, 1.807) is 11.0 Å². The van der Waals surface area contributed by atoms with Crippen LogP contribution >= 0.6 is 11.6 Å². The van der Waals surface area contributed by atoms with Gasteiger partial charge in [-0.25, -0.2) is 14.4 Å². The summed E-state index contributed by atoms with van der Waals surface area (Å²) in [6.07, 6.45) is 3.71. The molecule has 38 heavy (non-hydrogen) atoms. The minimum absolute atomic E-state index is 0.00499. The summed E-state index contributed by atoms with van der Waals surface area (Å²) in [5.41, 5.74) is 0.520. The number of pyridine rings is 1. The van der Waals surface area contributed by atoms with Gasteiger partial charge in [0, 0.05) is 50.0 Å². The second kappa shape index (κ2) is 11.3. The summed E-state index contributed by atoms with van der Waals surface area (Å²) >= 11 is 6.05. The van der Waals surface area contributed by atoms with Crippen molar-refractivity contribution in [1.29, 1.82) is 0 Å². The van der Waals surface area contributed by atoms with Crippen molar-refractivity contribution in [1.82, 2.24) is 15.0 Å². The Morgan fingerprint density at radius 3 is 2.29 bits per heavy atom. The molecule has 202 valence electrons. The summed E-state index contributed by atoms with van der Waals surface area (Å²) in [6.45, 7) is 1.62. The van der Waals surface area contributed by atoms with Crippen molar-refractivity contribution in [2.45, 2.75) is 50.7 Å². The number of halogens is 5. The van der Waals surface area contributed by atoms with Gasteiger partial charge in [0.15, 0.2) is 0 Å². The highest BCUT2D eigenvalue weighted by molar-refractivity contribution is 6.31. The van der Waals surface area contributed by atoms with Crippen molar-refractivity contribution >= 4 is 29.2 Å². The number of nitrogens with one attached hydrogen (secondary N) is 1. The first kappa shape index (κ1) is 26.5. The number of nitrogens with zero attached hydrogens (tertiary/aromatic N) is 5. The third-order valence-corrected chi connectivity index (χ3v) is 7.40. The minimum atomic E-state index is -4.47. The molecule has 11 heteroatoms. The lowest BCUT2D eigenvalue weighted by Gasteiger charge is -2.37. The molecule has 1 saturated carbocycles. The molecule has 0 atom stereocenters. The molecule has 6 nitrogen and oxygen atoms in total. The Kier molecular flexibility index (Phi) is 7.88. The van der Waals surface area contributed by atoms with Gasteiger partial charge in [-0.05, 0) is 43.2 Å². The molecule has 2 aromatic heterocycles. The fourth-order valence-electron chi connectivity index (χ4n) is 5.09. The number of rotatable bonds is 5. The van der Waals surface area contributed by atoms with E-state index in [0.29, 0.717) is 49.2 Å². The van der Waals surface area contributed by atoms with E-state index in [-0.39, 0.29) is 16.9 Å². The van der Waals surface area contributed by atoms with Crippen LogP contribution in [0.1, 0.15) is 44.1 Å². The highest BCUT2D eigenvalue weighted by atomic mass is 35.5. The van der Waals surface area contributed by atoms with Crippen LogP contribution in [0.5, 0.6) is 0 Å². The van der Waals surface area contributed by atoms with Crippen molar-refractivity contribution in [3.63, 3.8) is 0 Å². The molecule has 3 heterocycles. The number of piperazine rings is 1. The highest BCUT2D eigenvalue weighted by Gasteiger charge is 2.36. The molecule has 1 aliphatic heterocycles. The van der Waals surface area contributed by atoms with Gasteiger partial charge in [-0.1, -0.05) is 37.3 Å². The Bertz CT molecular complexity index is 1250. The lowest BCUT2D eigenvalue weighted by atomic mass is 10.1. The van der Waals surface area contributed by atoms with E-state index in [9.17, 15) is 17.6 Å². The Labute approximate surface area is 224 Å². The van der Waals surface area contributed by atoms with Crippen LogP contribution in [0.25, 0.3) is 11.3 Å². The SMILES string of the molecule is Fc1ccc(-c2cc(N3CCN(c4ncccc4C(F)(F)F)CC3)nc(NC3CCCCCC3)n2)cc1Cl. The molecule has 0 bridgehead atoms. The molecular formula is C27H29ClF4N6. The van der Waals surface area contributed by atoms with Gasteiger partial charge in [0.1, 0.15) is 17.5 Å². The molecule has 1 aliphatic carbocycles. The summed E-state index contributed by atoms with van der Waals surface area (Å²) in [5.74, 6) is 0.574. The van der Waals surface area contributed by atoms with Crippen molar-refractivity contribution in [2.75, 3.05) is 41.3 Å². The lowest BCUT2D eigenvalue weighted by molar-refractivity contribution is -0.137. The van der Waals surface area contributed by atoms with Crippen molar-refractivity contribution < 1.29 is 17.6 Å². The molecule has 1 aromatic carbocycles. The second-order valence-electron chi connectivity index (χ2n) is 9.74. The van der Waals surface area contributed by atoms with Gasteiger partial charge in [0.05, 0.1) is 16.3 Å². The van der Waals surface area contributed by atoms with E-state index in [2.05, 4.69) is 10.3 Å². The van der Waals surface area contributed by atoms with Gasteiger partial charge in [-0.3, -0.25) is 0 Å². The summed E-state index contributed by atoms with van der Waals surface area (Å²) in [4.78, 5) is 17.2. The summed E-state index contributed by atoms with van der Waals surface area (Å²) < 4.78 is 54.4. The third kappa shape index (κ3) is 6.11. The Hall–Kier alpha value is -3.14. The third-order valence-electron chi connectivity index (χ3n) is 7.11. The summed E-state index contributed by atoms with van der Waals surface area (Å²) in [7, 11) is 0. The van der Waals surface area contributed by atoms with Crippen molar-refractivity contribution in [3.05, 3.63) is 59.0 Å². The number of hydrogen-bond donors (Lipinski definition) is 1. The molecule has 0 radical (unpaired) electrons. The average molecular weight is 549 g/mol. The van der Waals surface area contributed by atoms with E-state index < -0.39 is 17.6 Å². The van der Waals surface area contributed by atoms with Gasteiger partial charge < -0.3 is 15.1 Å². The largest absolute Gasteiger partial charge is 0.419 e. The fourth-order valence-corrected chi connectivity index (χ4v) is 5.27. The van der Waals surface area contributed by atoms with Crippen LogP contribution in [0.4, 0.5) is 35.1 Å². The van der Waals surface area contributed by atoms with Gasteiger partial charge >= 0.3 is 6.18 Å². The first-order chi connectivity index (χ1) is 18.3. The monoisotopic (exact) mass is 548 g/mol. The molecule has 5 rings (SSSR count). The zero-order valence-corrected chi connectivity index (χ0v) is 21.6. The number of alkyl halides is 3. The molecule has 0 unspecified atom stereocenters. The molecule has 2 fully saturated rings. The summed E-state index contributed by atoms with van der Waals surface area (Å²) in [6, 6.07) is 8.91. The second-order valence-corrected chi connectivity index (χ2v) is 10.2. The van der Waals surface area contributed by atoms with Crippen LogP contribution in [0.2, 0.25) is 5.02 Å². The molecular weight excluding hydrogens is 520 g/mol. The number of anilines is 3. The van der Waals surface area contributed by atoms with Crippen LogP contribution in [0, 0.1) is 5.82 Å². The van der Waals surface area contributed by atoms with E-state index in [1.165, 1.54) is 37.2 Å². The highest BCUT2D eigenvalue weighted by Crippen LogP contribution is 2.36. The van der Waals surface area contributed by atoms with Crippen molar-refractivity contribution in [3.8, 4) is 11.3 Å². The van der Waals surface area contributed by atoms with Gasteiger partial charge in [0.2, 0.25) is 5.95 Å². The maximum Gasteiger partial charge on any atom is 0.419 e. The zero-order valence-electron chi connectivity index (χ0n) is 20.8. The maximum absolute atomic E-state index is 13.8. The zero-order chi connectivity index (χ0) is 26.7. The molecule has 1 N–H and O–H groups in total. The van der Waals surface area contributed by atoms with E-state index in [4.69, 9.17) is 21.6 Å². The normalized spacial score (nSPS) is 17.4. The van der Waals surface area contributed by atoms with Crippen LogP contribution < -0.4 is 15.1 Å². The predicted molar refractivity (Wildman–Crippen MR) is 141 cm³/mol. The molecule has 2 aliphatic rings. The van der Waals surface area contributed by atoms with E-state index >= 15 is 0 Å². The quantitative estimate of drug-likeness (QED) is 0.279. The van der Waals surface area contributed by atoms with E-state index in [0.717, 1.165) is 31.7 Å².